The number of halogens is 1. The standard InChI is InChI=1S/C11H10FN3S2/c12-11-8-6-17(16)5-7(8)1-2-9(11)14-10-3-4-13-15-10/h1-4H,5-6H2,(H2,13,14,15). The molecule has 17 heavy (non-hydrogen) atoms. The Hall–Kier alpha value is -1.27. The zero-order valence-corrected chi connectivity index (χ0v) is 10.5. The molecule has 0 radical (unpaired) electrons. The lowest BCUT2D eigenvalue weighted by molar-refractivity contribution is 0.620. The quantitative estimate of drug-likeness (QED) is 0.877. The van der Waals surface area contributed by atoms with Crippen molar-refractivity contribution in [2.75, 3.05) is 5.32 Å². The maximum absolute atomic E-state index is 14.2. The van der Waals surface area contributed by atoms with Crippen LogP contribution in [0.4, 0.5) is 15.9 Å². The molecule has 0 saturated heterocycles. The SMILES string of the molecule is Fc1c(Nc2ccn[nH]2)ccc2c1CS(=S)C2. The maximum Gasteiger partial charge on any atom is 0.151 e. The van der Waals surface area contributed by atoms with Crippen LogP contribution in [0.25, 0.3) is 0 Å². The Morgan fingerprint density at radius 2 is 2.24 bits per heavy atom. The van der Waals surface area contributed by atoms with Gasteiger partial charge in [-0.25, -0.2) is 4.39 Å². The molecule has 0 saturated carbocycles. The van der Waals surface area contributed by atoms with Crippen molar-refractivity contribution in [3.8, 4) is 0 Å². The van der Waals surface area contributed by atoms with Crippen LogP contribution >= 0.6 is 0 Å². The molecule has 0 bridgehead atoms. The summed E-state index contributed by atoms with van der Waals surface area (Å²) in [5.41, 5.74) is 2.30. The van der Waals surface area contributed by atoms with E-state index in [0.717, 1.165) is 16.9 Å². The van der Waals surface area contributed by atoms with Crippen molar-refractivity contribution in [3.63, 3.8) is 0 Å². The van der Waals surface area contributed by atoms with Gasteiger partial charge in [0.05, 0.1) is 11.9 Å². The largest absolute Gasteiger partial charge is 0.338 e. The van der Waals surface area contributed by atoms with Crippen molar-refractivity contribution >= 4 is 32.1 Å². The summed E-state index contributed by atoms with van der Waals surface area (Å²) in [7, 11) is -0.131. The number of fused-ring (bicyclic) bond motifs is 1. The second kappa shape index (κ2) is 4.19. The number of H-pyrrole nitrogens is 1. The van der Waals surface area contributed by atoms with Crippen LogP contribution in [0.3, 0.4) is 0 Å². The van der Waals surface area contributed by atoms with Crippen LogP contribution in [-0.4, -0.2) is 10.2 Å². The summed E-state index contributed by atoms with van der Waals surface area (Å²) in [4.78, 5) is 0. The Labute approximate surface area is 105 Å². The van der Waals surface area contributed by atoms with Gasteiger partial charge >= 0.3 is 0 Å². The van der Waals surface area contributed by atoms with E-state index >= 15 is 0 Å². The lowest BCUT2D eigenvalue weighted by atomic mass is 10.1. The van der Waals surface area contributed by atoms with E-state index in [-0.39, 0.29) is 15.3 Å². The van der Waals surface area contributed by atoms with Gasteiger partial charge in [-0.2, -0.15) is 5.10 Å². The third kappa shape index (κ3) is 1.98. The highest BCUT2D eigenvalue weighted by Gasteiger charge is 2.20. The van der Waals surface area contributed by atoms with Gasteiger partial charge in [-0.15, -0.1) is 9.45 Å². The first-order valence-corrected chi connectivity index (χ1v) is 7.64. The number of nitrogens with zero attached hydrogens (tertiary/aromatic N) is 1. The summed E-state index contributed by atoms with van der Waals surface area (Å²) in [6.07, 6.45) is 1.62. The van der Waals surface area contributed by atoms with Crippen molar-refractivity contribution in [3.05, 3.63) is 41.3 Å². The molecule has 1 unspecified atom stereocenters. The van der Waals surface area contributed by atoms with Gasteiger partial charge in [0.1, 0.15) is 5.82 Å². The number of hydrogen-bond acceptors (Lipinski definition) is 3. The zero-order valence-electron chi connectivity index (χ0n) is 8.87. The summed E-state index contributed by atoms with van der Waals surface area (Å²) in [5.74, 6) is 2.00. The van der Waals surface area contributed by atoms with Crippen LogP contribution < -0.4 is 5.32 Å². The lowest BCUT2D eigenvalue weighted by Crippen LogP contribution is -1.98. The van der Waals surface area contributed by atoms with E-state index in [9.17, 15) is 4.39 Å². The predicted molar refractivity (Wildman–Crippen MR) is 70.4 cm³/mol. The fourth-order valence-electron chi connectivity index (χ4n) is 1.91. The van der Waals surface area contributed by atoms with Crippen molar-refractivity contribution in [2.24, 2.45) is 0 Å². The third-order valence-electron chi connectivity index (χ3n) is 2.73. The highest BCUT2D eigenvalue weighted by molar-refractivity contribution is 8.28. The van der Waals surface area contributed by atoms with Crippen LogP contribution in [0.5, 0.6) is 0 Å². The van der Waals surface area contributed by atoms with Crippen LogP contribution in [0.15, 0.2) is 24.4 Å². The predicted octanol–water partition coefficient (Wildman–Crippen LogP) is 2.39. The van der Waals surface area contributed by atoms with Gasteiger partial charge in [0.2, 0.25) is 0 Å². The summed E-state index contributed by atoms with van der Waals surface area (Å²) in [6.45, 7) is 0. The molecule has 6 heteroatoms. The molecule has 0 amide bonds. The fourth-order valence-corrected chi connectivity index (χ4v) is 3.99. The molecular formula is C11H10FN3S2. The summed E-state index contributed by atoms with van der Waals surface area (Å²) < 4.78 is 14.2. The Morgan fingerprint density at radius 1 is 1.35 bits per heavy atom. The molecule has 1 aliphatic rings. The third-order valence-corrected chi connectivity index (χ3v) is 4.68. The van der Waals surface area contributed by atoms with E-state index in [1.165, 1.54) is 0 Å². The van der Waals surface area contributed by atoms with Gasteiger partial charge in [0.15, 0.2) is 5.82 Å². The minimum absolute atomic E-state index is 0.131. The Kier molecular flexibility index (Phi) is 2.68. The topological polar surface area (TPSA) is 40.7 Å². The number of aromatic nitrogens is 2. The van der Waals surface area contributed by atoms with Crippen molar-refractivity contribution in [1.82, 2.24) is 10.2 Å². The van der Waals surface area contributed by atoms with Gasteiger partial charge in [0, 0.05) is 23.1 Å². The number of rotatable bonds is 2. The number of nitrogens with one attached hydrogen (secondary N) is 2. The van der Waals surface area contributed by atoms with Crippen LogP contribution in [0, 0.1) is 5.82 Å². The summed E-state index contributed by atoms with van der Waals surface area (Å²) in [5, 5.41) is 9.52. The molecule has 2 aromatic rings. The Morgan fingerprint density at radius 3 is 3.00 bits per heavy atom. The van der Waals surface area contributed by atoms with Gasteiger partial charge in [-0.05, 0) is 11.6 Å². The molecule has 1 aliphatic heterocycles. The smallest absolute Gasteiger partial charge is 0.151 e. The Balaban J connectivity index is 1.97. The molecule has 2 heterocycles. The number of aromatic amines is 1. The molecule has 0 spiro atoms. The van der Waals surface area contributed by atoms with E-state index in [1.54, 1.807) is 18.3 Å². The first-order valence-electron chi connectivity index (χ1n) is 5.15. The average molecular weight is 267 g/mol. The molecule has 3 rings (SSSR count). The molecule has 0 aliphatic carbocycles. The molecule has 0 fully saturated rings. The molecular weight excluding hydrogens is 257 g/mol. The monoisotopic (exact) mass is 267 g/mol. The first kappa shape index (κ1) is 10.9. The zero-order chi connectivity index (χ0) is 11.8. The number of anilines is 2. The van der Waals surface area contributed by atoms with E-state index in [0.29, 0.717) is 17.3 Å². The summed E-state index contributed by atoms with van der Waals surface area (Å²) >= 11 is 5.25. The van der Waals surface area contributed by atoms with E-state index < -0.39 is 0 Å². The van der Waals surface area contributed by atoms with Crippen LogP contribution in [0.2, 0.25) is 0 Å². The maximum atomic E-state index is 14.2. The Bertz CT molecular complexity index is 581. The fraction of sp³-hybridized carbons (Fsp3) is 0.182. The van der Waals surface area contributed by atoms with Gasteiger partial charge < -0.3 is 5.32 Å². The minimum atomic E-state index is -0.183. The highest BCUT2D eigenvalue weighted by atomic mass is 32.8. The van der Waals surface area contributed by atoms with Gasteiger partial charge in [-0.3, -0.25) is 5.10 Å². The van der Waals surface area contributed by atoms with E-state index in [2.05, 4.69) is 15.5 Å². The van der Waals surface area contributed by atoms with Crippen LogP contribution in [-0.2, 0) is 32.1 Å². The molecule has 88 valence electrons. The molecule has 2 N–H and O–H groups in total. The second-order valence-corrected chi connectivity index (χ2v) is 6.76. The first-order chi connectivity index (χ1) is 8.24. The van der Waals surface area contributed by atoms with Crippen LogP contribution in [0.1, 0.15) is 11.1 Å². The summed E-state index contributed by atoms with van der Waals surface area (Å²) in [6, 6.07) is 5.47. The van der Waals surface area contributed by atoms with E-state index in [1.807, 2.05) is 6.07 Å². The minimum Gasteiger partial charge on any atom is -0.338 e. The number of benzene rings is 1. The molecule has 1 aromatic carbocycles. The highest BCUT2D eigenvalue weighted by Crippen LogP contribution is 2.30. The normalized spacial score (nSPS) is 18.1. The van der Waals surface area contributed by atoms with Crippen molar-refractivity contribution < 1.29 is 4.39 Å². The average Bonchev–Trinajstić information content (AvgIpc) is 2.91. The second-order valence-electron chi connectivity index (χ2n) is 3.89. The van der Waals surface area contributed by atoms with Crippen molar-refractivity contribution in [1.29, 1.82) is 0 Å². The molecule has 3 nitrogen and oxygen atoms in total. The van der Waals surface area contributed by atoms with Gasteiger partial charge in [0.25, 0.3) is 0 Å². The van der Waals surface area contributed by atoms with Crippen molar-refractivity contribution in [2.45, 2.75) is 11.5 Å². The van der Waals surface area contributed by atoms with E-state index in [4.69, 9.17) is 11.2 Å². The molecule has 1 aromatic heterocycles. The lowest BCUT2D eigenvalue weighted by Gasteiger charge is -2.08. The number of hydrogen-bond donors (Lipinski definition) is 2. The molecule has 1 atom stereocenters. The van der Waals surface area contributed by atoms with Gasteiger partial charge in [-0.1, -0.05) is 17.3 Å².